The Morgan fingerprint density at radius 3 is 2.12 bits per heavy atom. The van der Waals surface area contributed by atoms with Crippen molar-refractivity contribution in [3.8, 4) is 0 Å². The minimum Gasteiger partial charge on any atom is -0.460 e. The van der Waals surface area contributed by atoms with Gasteiger partial charge in [-0.15, -0.1) is 0 Å². The number of alkyl halides is 3. The van der Waals surface area contributed by atoms with E-state index in [4.69, 9.17) is 18.9 Å². The van der Waals surface area contributed by atoms with E-state index in [2.05, 4.69) is 0 Å². The Bertz CT molecular complexity index is 1110. The molecule has 0 radical (unpaired) electrons. The summed E-state index contributed by atoms with van der Waals surface area (Å²) in [6.45, 7) is 10.2. The minimum absolute atomic E-state index is 0.0330. The van der Waals surface area contributed by atoms with Gasteiger partial charge in [0.1, 0.15) is 22.8 Å². The summed E-state index contributed by atoms with van der Waals surface area (Å²) in [6.07, 6.45) is -6.09. The van der Waals surface area contributed by atoms with Crippen LogP contribution in [0.5, 0.6) is 0 Å². The monoisotopic (exact) mass is 619 g/mol. The van der Waals surface area contributed by atoms with Crippen molar-refractivity contribution in [2.45, 2.75) is 121 Å². The largest absolute Gasteiger partial charge is 0.471 e. The lowest BCUT2D eigenvalue weighted by molar-refractivity contribution is -0.206. The van der Waals surface area contributed by atoms with Crippen LogP contribution in [0.25, 0.3) is 0 Å². The van der Waals surface area contributed by atoms with Gasteiger partial charge >= 0.3 is 24.1 Å². The highest BCUT2D eigenvalue weighted by Gasteiger charge is 2.64. The first-order valence-corrected chi connectivity index (χ1v) is 14.8. The number of ether oxygens (including phenoxy) is 4. The van der Waals surface area contributed by atoms with Crippen molar-refractivity contribution < 1.29 is 51.3 Å². The molecule has 2 bridgehead atoms. The number of hydrogen-bond acceptors (Lipinski definition) is 8. The molecule has 6 atom stereocenters. The molecule has 1 saturated carbocycles. The van der Waals surface area contributed by atoms with E-state index in [0.29, 0.717) is 6.42 Å². The fraction of sp³-hybridized carbons (Fsp3) is 0.862. The number of hydrogen-bond donors (Lipinski definition) is 0. The van der Waals surface area contributed by atoms with Crippen LogP contribution < -0.4 is 0 Å². The summed E-state index contributed by atoms with van der Waals surface area (Å²) in [5.41, 5.74) is -3.70. The lowest BCUT2D eigenvalue weighted by Crippen LogP contribution is -2.69. The van der Waals surface area contributed by atoms with Gasteiger partial charge in [-0.2, -0.15) is 13.2 Å². The Hall–Kier alpha value is -2.61. The van der Waals surface area contributed by atoms with Crippen molar-refractivity contribution in [1.82, 2.24) is 14.7 Å². The lowest BCUT2D eigenvalue weighted by Gasteiger charge is -2.50. The second-order valence-corrected chi connectivity index (χ2v) is 13.7. The maximum atomic E-state index is 14.7. The molecular weight excluding hydrogens is 575 g/mol. The molecule has 4 rings (SSSR count). The molecule has 0 aromatic heterocycles. The molecule has 4 aliphatic rings. The summed E-state index contributed by atoms with van der Waals surface area (Å²) in [6, 6.07) is -1.89. The predicted octanol–water partition coefficient (Wildman–Crippen LogP) is 3.28. The van der Waals surface area contributed by atoms with E-state index >= 15 is 0 Å². The number of fused-ring (bicyclic) bond motifs is 2. The molecule has 0 aromatic carbocycles. The molecule has 0 N–H and O–H groups in total. The van der Waals surface area contributed by atoms with Gasteiger partial charge in [0.05, 0.1) is 24.7 Å². The highest BCUT2D eigenvalue weighted by atomic mass is 19.4. The zero-order valence-corrected chi connectivity index (χ0v) is 26.0. The zero-order valence-electron chi connectivity index (χ0n) is 26.0. The smallest absolute Gasteiger partial charge is 0.460 e. The van der Waals surface area contributed by atoms with E-state index in [9.17, 15) is 32.3 Å². The average molecular weight is 620 g/mol. The summed E-state index contributed by atoms with van der Waals surface area (Å²) >= 11 is 0. The molecule has 14 heteroatoms. The first kappa shape index (κ1) is 33.3. The molecule has 3 heterocycles. The maximum Gasteiger partial charge on any atom is 0.471 e. The number of likely N-dealkylation sites (tertiary alicyclic amines) is 2. The lowest BCUT2D eigenvalue weighted by atomic mass is 9.83. The van der Waals surface area contributed by atoms with Crippen LogP contribution >= 0.6 is 0 Å². The molecule has 1 aliphatic carbocycles. The van der Waals surface area contributed by atoms with Crippen LogP contribution in [0.15, 0.2) is 0 Å². The Morgan fingerprint density at radius 1 is 0.953 bits per heavy atom. The molecule has 4 fully saturated rings. The van der Waals surface area contributed by atoms with Crippen LogP contribution in [-0.4, -0.2) is 119 Å². The number of nitrogens with zero attached hydrogens (tertiary/aromatic N) is 3. The molecule has 3 saturated heterocycles. The van der Waals surface area contributed by atoms with Crippen LogP contribution in [0.3, 0.4) is 0 Å². The second-order valence-electron chi connectivity index (χ2n) is 13.7. The van der Waals surface area contributed by atoms with Gasteiger partial charge in [-0.3, -0.25) is 14.4 Å². The van der Waals surface area contributed by atoms with Gasteiger partial charge in [-0.25, -0.2) is 4.79 Å². The molecular formula is C29H44F3N3O8. The minimum atomic E-state index is -5.26. The molecule has 3 amide bonds. The number of piperazine rings is 1. The quantitative estimate of drug-likeness (QED) is 0.417. The number of esters is 1. The first-order chi connectivity index (χ1) is 19.8. The molecule has 3 aliphatic heterocycles. The van der Waals surface area contributed by atoms with Gasteiger partial charge in [0.25, 0.3) is 0 Å². The van der Waals surface area contributed by atoms with Crippen molar-refractivity contribution in [2.75, 3.05) is 33.4 Å². The van der Waals surface area contributed by atoms with Crippen LogP contribution in [0.1, 0.15) is 73.6 Å². The number of carbonyl (C=O) groups excluding carboxylic acids is 4. The number of methoxy groups -OCH3 is 1. The van der Waals surface area contributed by atoms with Gasteiger partial charge < -0.3 is 33.6 Å². The molecule has 0 aromatic rings. The Kier molecular flexibility index (Phi) is 9.07. The Balaban J connectivity index is 1.73. The zero-order chi connectivity index (χ0) is 32.1. The van der Waals surface area contributed by atoms with E-state index in [-0.39, 0.29) is 58.0 Å². The van der Waals surface area contributed by atoms with Gasteiger partial charge in [-0.05, 0) is 66.7 Å². The van der Waals surface area contributed by atoms with E-state index in [1.807, 2.05) is 0 Å². The third-order valence-electron chi connectivity index (χ3n) is 9.23. The van der Waals surface area contributed by atoms with Crippen molar-refractivity contribution in [1.29, 1.82) is 0 Å². The third kappa shape index (κ3) is 6.59. The maximum absolute atomic E-state index is 14.7. The first-order valence-electron chi connectivity index (χ1n) is 14.8. The summed E-state index contributed by atoms with van der Waals surface area (Å²) in [7, 11) is 1.34. The fourth-order valence-electron chi connectivity index (χ4n) is 7.34. The molecule has 43 heavy (non-hydrogen) atoms. The number of amides is 3. The van der Waals surface area contributed by atoms with Crippen molar-refractivity contribution in [2.24, 2.45) is 5.92 Å². The van der Waals surface area contributed by atoms with E-state index in [1.54, 1.807) is 39.5 Å². The van der Waals surface area contributed by atoms with Crippen molar-refractivity contribution >= 4 is 23.9 Å². The van der Waals surface area contributed by atoms with E-state index in [0.717, 1.165) is 4.90 Å². The van der Waals surface area contributed by atoms with Crippen molar-refractivity contribution in [3.05, 3.63) is 0 Å². The number of rotatable bonds is 6. The second kappa shape index (κ2) is 11.7. The Morgan fingerprint density at radius 2 is 1.58 bits per heavy atom. The van der Waals surface area contributed by atoms with Crippen LogP contribution in [0, 0.1) is 5.92 Å². The molecule has 11 nitrogen and oxygen atoms in total. The highest BCUT2D eigenvalue weighted by molar-refractivity contribution is 5.94. The van der Waals surface area contributed by atoms with Crippen molar-refractivity contribution in [3.63, 3.8) is 0 Å². The SMILES string of the molecule is COC1COCCC1N(C(=O)C(F)(F)F)C1(C(=O)N2CC3CC2CN3C(=O)OC(C)(C)C)CCC(C(C)(C)OC(C)=O)C1. The molecule has 0 spiro atoms. The Labute approximate surface area is 250 Å². The van der Waals surface area contributed by atoms with Gasteiger partial charge in [0.15, 0.2) is 0 Å². The van der Waals surface area contributed by atoms with Gasteiger partial charge in [0, 0.05) is 39.6 Å². The van der Waals surface area contributed by atoms with Crippen LogP contribution in [0.4, 0.5) is 18.0 Å². The number of halogens is 3. The average Bonchev–Trinajstić information content (AvgIpc) is 3.62. The fourth-order valence-corrected chi connectivity index (χ4v) is 7.34. The van der Waals surface area contributed by atoms with Gasteiger partial charge in [0.2, 0.25) is 5.91 Å². The molecule has 244 valence electrons. The topological polar surface area (TPSA) is 115 Å². The summed E-state index contributed by atoms with van der Waals surface area (Å²) in [4.78, 5) is 56.7. The molecule has 6 unspecified atom stereocenters. The van der Waals surface area contributed by atoms with E-state index < -0.39 is 70.9 Å². The highest BCUT2D eigenvalue weighted by Crippen LogP contribution is 2.50. The summed E-state index contributed by atoms with van der Waals surface area (Å²) in [5.74, 6) is -3.77. The summed E-state index contributed by atoms with van der Waals surface area (Å²) < 4.78 is 65.1. The van der Waals surface area contributed by atoms with Crippen LogP contribution in [-0.2, 0) is 33.3 Å². The third-order valence-corrected chi connectivity index (χ3v) is 9.23. The summed E-state index contributed by atoms with van der Waals surface area (Å²) in [5, 5.41) is 0. The number of carbonyl (C=O) groups is 4. The van der Waals surface area contributed by atoms with Gasteiger partial charge in [-0.1, -0.05) is 0 Å². The predicted molar refractivity (Wildman–Crippen MR) is 146 cm³/mol. The van der Waals surface area contributed by atoms with E-state index in [1.165, 1.54) is 18.9 Å². The van der Waals surface area contributed by atoms with Crippen LogP contribution in [0.2, 0.25) is 0 Å². The normalized spacial score (nSPS) is 31.3. The standard InChI is InChI=1S/C29H44F3N3O8/c1-17(36)42-27(5,6)18-8-10-28(13-18,35(24(38)29(30,31)32)21-9-11-41-16-22(21)40-7)23(37)33-14-20-12-19(33)15-34(20)25(39)43-26(2,3)4/h18-22H,8-16H2,1-7H3.